The molecular weight excluding hydrogens is 552 g/mol. The number of phenolic OH excluding ortho intramolecular Hbond substituents is 1. The van der Waals surface area contributed by atoms with Crippen molar-refractivity contribution in [2.45, 2.75) is 93.3 Å². The lowest BCUT2D eigenvalue weighted by molar-refractivity contribution is -0.319. The van der Waals surface area contributed by atoms with Crippen molar-refractivity contribution in [3.8, 4) is 17.2 Å². The summed E-state index contributed by atoms with van der Waals surface area (Å²) in [7, 11) is 0. The highest BCUT2D eigenvalue weighted by Gasteiger charge is 2.50. The van der Waals surface area contributed by atoms with E-state index in [1.807, 2.05) is 36.4 Å². The number of hydrogen-bond donors (Lipinski definition) is 7. The average molecular weight is 593 g/mol. The molecule has 0 amide bonds. The van der Waals surface area contributed by atoms with Gasteiger partial charge in [0, 0.05) is 0 Å². The molecule has 4 aliphatic rings. The lowest BCUT2D eigenvalue weighted by Gasteiger charge is -2.41. The molecule has 4 aliphatic heterocycles. The minimum Gasteiger partial charge on any atom is -0.504 e. The van der Waals surface area contributed by atoms with Crippen molar-refractivity contribution in [1.29, 1.82) is 0 Å². The van der Waals surface area contributed by atoms with Gasteiger partial charge in [-0.25, -0.2) is 0 Å². The molecule has 12 heteroatoms. The third-order valence-corrected chi connectivity index (χ3v) is 8.17. The van der Waals surface area contributed by atoms with Gasteiger partial charge in [-0.3, -0.25) is 0 Å². The van der Waals surface area contributed by atoms with Crippen LogP contribution >= 0.6 is 0 Å². The summed E-state index contributed by atoms with van der Waals surface area (Å²) in [5.41, 5.74) is 0.182. The molecule has 0 radical (unpaired) electrons. The summed E-state index contributed by atoms with van der Waals surface area (Å²) in [6, 6.07) is 12.8. The van der Waals surface area contributed by atoms with Gasteiger partial charge in [0.15, 0.2) is 24.1 Å². The molecule has 2 saturated heterocycles. The Hall–Kier alpha value is -2.36. The van der Waals surface area contributed by atoms with Crippen LogP contribution in [0.5, 0.6) is 17.2 Å². The summed E-state index contributed by atoms with van der Waals surface area (Å²) in [5, 5.41) is 71.8. The highest BCUT2D eigenvalue weighted by molar-refractivity contribution is 5.45. The van der Waals surface area contributed by atoms with Crippen molar-refractivity contribution in [3.05, 3.63) is 53.6 Å². The van der Waals surface area contributed by atoms with Crippen molar-refractivity contribution < 1.29 is 59.4 Å². The highest BCUT2D eigenvalue weighted by atomic mass is 16.7. The predicted octanol–water partition coefficient (Wildman–Crippen LogP) is 0.493. The normalized spacial score (nSPS) is 35.8. The van der Waals surface area contributed by atoms with E-state index in [4.69, 9.17) is 23.7 Å². The molecule has 2 fully saturated rings. The molecule has 232 valence electrons. The first-order valence-electron chi connectivity index (χ1n) is 14.3. The van der Waals surface area contributed by atoms with Crippen molar-refractivity contribution in [2.75, 3.05) is 19.8 Å². The van der Waals surface area contributed by atoms with Crippen LogP contribution in [0.25, 0.3) is 0 Å². The maximum absolute atomic E-state index is 10.7. The number of phenols is 1. The van der Waals surface area contributed by atoms with E-state index in [1.54, 1.807) is 6.07 Å². The first-order chi connectivity index (χ1) is 20.2. The molecule has 4 heterocycles. The van der Waals surface area contributed by atoms with E-state index < -0.39 is 55.3 Å². The first kappa shape index (κ1) is 31.1. The van der Waals surface area contributed by atoms with E-state index in [1.165, 1.54) is 0 Å². The van der Waals surface area contributed by atoms with Crippen molar-refractivity contribution in [1.82, 2.24) is 0 Å². The van der Waals surface area contributed by atoms with E-state index in [2.05, 4.69) is 0 Å². The molecule has 6 rings (SSSR count). The van der Waals surface area contributed by atoms with Crippen molar-refractivity contribution >= 4 is 0 Å². The number of aryl methyl sites for hydroxylation is 2. The number of aliphatic hydroxyl groups is 6. The number of fused-ring (bicyclic) bond motifs is 8. The second kappa shape index (κ2) is 13.5. The largest absolute Gasteiger partial charge is 0.504 e. The third kappa shape index (κ3) is 7.05. The van der Waals surface area contributed by atoms with Crippen LogP contribution in [0.4, 0.5) is 0 Å². The van der Waals surface area contributed by atoms with Gasteiger partial charge in [-0.15, -0.1) is 0 Å². The second-order valence-electron chi connectivity index (χ2n) is 11.3. The minimum absolute atomic E-state index is 0.0706. The van der Waals surface area contributed by atoms with Gasteiger partial charge in [-0.2, -0.15) is 0 Å². The molecule has 0 aliphatic carbocycles. The molecule has 7 N–H and O–H groups in total. The zero-order chi connectivity index (χ0) is 29.9. The van der Waals surface area contributed by atoms with Crippen LogP contribution in [0.2, 0.25) is 0 Å². The van der Waals surface area contributed by atoms with Gasteiger partial charge in [0.25, 0.3) is 0 Å². The molecule has 42 heavy (non-hydrogen) atoms. The number of benzene rings is 2. The van der Waals surface area contributed by atoms with E-state index in [0.717, 1.165) is 30.4 Å². The van der Waals surface area contributed by atoms with Gasteiger partial charge in [-0.1, -0.05) is 24.6 Å². The average Bonchev–Trinajstić information content (AvgIpc) is 3.28. The van der Waals surface area contributed by atoms with Crippen LogP contribution in [0.15, 0.2) is 42.5 Å². The summed E-state index contributed by atoms with van der Waals surface area (Å²) >= 11 is 0. The summed E-state index contributed by atoms with van der Waals surface area (Å²) in [4.78, 5) is 0. The quantitative estimate of drug-likeness (QED) is 0.246. The SMILES string of the molecule is OCC1(O)COC(OCC2OC(O[C@@H]3CCCCc4ccc(O)c(c4)Oc4ccc(cc4)CC3)C(O)C(O)C2O)C1O. The molecule has 0 aromatic heterocycles. The zero-order valence-electron chi connectivity index (χ0n) is 23.2. The predicted molar refractivity (Wildman–Crippen MR) is 146 cm³/mol. The summed E-state index contributed by atoms with van der Waals surface area (Å²) < 4.78 is 28.7. The Morgan fingerprint density at radius 2 is 1.62 bits per heavy atom. The zero-order valence-corrected chi connectivity index (χ0v) is 23.2. The molecule has 0 spiro atoms. The maximum Gasteiger partial charge on any atom is 0.186 e. The summed E-state index contributed by atoms with van der Waals surface area (Å²) in [6.45, 7) is -1.42. The van der Waals surface area contributed by atoms with Gasteiger partial charge in [0.2, 0.25) is 0 Å². The number of aromatic hydroxyl groups is 1. The summed E-state index contributed by atoms with van der Waals surface area (Å²) in [6.07, 6.45) is -5.87. The monoisotopic (exact) mass is 592 g/mol. The van der Waals surface area contributed by atoms with Crippen LogP contribution in [-0.2, 0) is 31.8 Å². The number of aliphatic hydroxyl groups excluding tert-OH is 5. The van der Waals surface area contributed by atoms with Crippen molar-refractivity contribution in [3.63, 3.8) is 0 Å². The fourth-order valence-corrected chi connectivity index (χ4v) is 5.44. The van der Waals surface area contributed by atoms with Gasteiger partial charge in [0.05, 0.1) is 25.9 Å². The molecule has 9 atom stereocenters. The van der Waals surface area contributed by atoms with E-state index >= 15 is 0 Å². The lowest BCUT2D eigenvalue weighted by Crippen LogP contribution is -2.60. The third-order valence-electron chi connectivity index (χ3n) is 8.17. The number of ether oxygens (including phenoxy) is 5. The molecular formula is C30H40O12. The molecule has 4 bridgehead atoms. The minimum atomic E-state index is -1.87. The summed E-state index contributed by atoms with van der Waals surface area (Å²) in [5.74, 6) is 1.07. The lowest BCUT2D eigenvalue weighted by atomic mass is 9.98. The van der Waals surface area contributed by atoms with Gasteiger partial charge >= 0.3 is 0 Å². The maximum atomic E-state index is 10.7. The van der Waals surface area contributed by atoms with Crippen molar-refractivity contribution in [2.24, 2.45) is 0 Å². The molecule has 2 aromatic rings. The fourth-order valence-electron chi connectivity index (χ4n) is 5.44. The standard InChI is InChI=1S/C30H40O12/c31-15-30(37)16-39-29(27(30)36)38-14-23-24(33)25(34)26(35)28(42-23)41-19-4-2-1-3-18-8-12-21(32)22(13-18)40-20-10-6-17(5-9-19)7-11-20/h6-8,10-13,19,23-29,31-37H,1-5,9,14-16H2/t19-,23?,24?,25?,26?,27?,28?,29?,30?/m1/s1. The Labute approximate surface area is 243 Å². The van der Waals surface area contributed by atoms with Crippen LogP contribution in [0.1, 0.15) is 36.8 Å². The Kier molecular flexibility index (Phi) is 10.0. The second-order valence-corrected chi connectivity index (χ2v) is 11.3. The van der Waals surface area contributed by atoms with Crippen LogP contribution in [-0.4, -0.2) is 110 Å². The Bertz CT molecular complexity index is 1160. The van der Waals surface area contributed by atoms with Gasteiger partial charge in [-0.05, 0) is 67.5 Å². The smallest absolute Gasteiger partial charge is 0.186 e. The number of hydrogen-bond acceptors (Lipinski definition) is 12. The Morgan fingerprint density at radius 3 is 2.36 bits per heavy atom. The Morgan fingerprint density at radius 1 is 0.857 bits per heavy atom. The first-order valence-corrected chi connectivity index (χ1v) is 14.3. The fraction of sp³-hybridized carbons (Fsp3) is 0.600. The molecule has 8 unspecified atom stereocenters. The topological polar surface area (TPSA) is 188 Å². The Balaban J connectivity index is 1.24. The van der Waals surface area contributed by atoms with E-state index in [0.29, 0.717) is 30.8 Å². The molecule has 2 aromatic carbocycles. The highest BCUT2D eigenvalue weighted by Crippen LogP contribution is 2.33. The van der Waals surface area contributed by atoms with E-state index in [-0.39, 0.29) is 25.1 Å². The molecule has 12 nitrogen and oxygen atoms in total. The van der Waals surface area contributed by atoms with E-state index in [9.17, 15) is 35.7 Å². The molecule has 0 saturated carbocycles. The van der Waals surface area contributed by atoms with Crippen LogP contribution < -0.4 is 4.74 Å². The van der Waals surface area contributed by atoms with Crippen LogP contribution in [0.3, 0.4) is 0 Å². The van der Waals surface area contributed by atoms with Gasteiger partial charge in [0.1, 0.15) is 41.9 Å². The van der Waals surface area contributed by atoms with Crippen LogP contribution in [0, 0.1) is 0 Å². The number of rotatable bonds is 6. The van der Waals surface area contributed by atoms with Gasteiger partial charge < -0.3 is 59.4 Å².